The smallest absolute Gasteiger partial charge is 0.291 e. The van der Waals surface area contributed by atoms with Crippen LogP contribution in [0.4, 0.5) is 11.4 Å². The second kappa shape index (κ2) is 13.2. The molecule has 4 aromatic rings. The number of nitriles is 1. The number of piperazine rings is 1. The van der Waals surface area contributed by atoms with Gasteiger partial charge in [-0.15, -0.1) is 0 Å². The lowest BCUT2D eigenvalue weighted by Crippen LogP contribution is -2.52. The van der Waals surface area contributed by atoms with E-state index in [2.05, 4.69) is 38.4 Å². The van der Waals surface area contributed by atoms with Crippen LogP contribution in [0.2, 0.25) is 5.02 Å². The van der Waals surface area contributed by atoms with Crippen molar-refractivity contribution < 1.29 is 14.4 Å². The molecule has 0 unspecified atom stereocenters. The van der Waals surface area contributed by atoms with Crippen molar-refractivity contribution in [2.45, 2.75) is 12.8 Å². The van der Waals surface area contributed by atoms with E-state index < -0.39 is 5.91 Å². The summed E-state index contributed by atoms with van der Waals surface area (Å²) in [5.41, 5.74) is 8.03. The highest BCUT2D eigenvalue weighted by atomic mass is 35.5. The van der Waals surface area contributed by atoms with E-state index in [1.807, 2.05) is 4.90 Å². The molecule has 2 aliphatic rings. The molecule has 6 rings (SSSR count). The molecule has 1 aromatic carbocycles. The van der Waals surface area contributed by atoms with Gasteiger partial charge in [0.2, 0.25) is 5.91 Å². The largest absolute Gasteiger partial charge is 0.397 e. The van der Waals surface area contributed by atoms with Crippen LogP contribution in [0, 0.1) is 17.2 Å². The monoisotopic (exact) mass is 655 g/mol. The Labute approximate surface area is 276 Å². The Morgan fingerprint density at radius 3 is 2.36 bits per heavy atom. The lowest BCUT2D eigenvalue weighted by molar-refractivity contribution is -0.138. The number of amides is 3. The fourth-order valence-corrected chi connectivity index (χ4v) is 6.19. The number of nitrogen functional groups attached to an aromatic ring is 1. The van der Waals surface area contributed by atoms with Gasteiger partial charge in [-0.25, -0.2) is 14.6 Å². The lowest BCUT2D eigenvalue weighted by atomic mass is 9.95. The van der Waals surface area contributed by atoms with Gasteiger partial charge in [-0.1, -0.05) is 11.6 Å². The van der Waals surface area contributed by atoms with E-state index >= 15 is 0 Å². The number of benzene rings is 1. The van der Waals surface area contributed by atoms with Crippen LogP contribution < -0.4 is 11.1 Å². The van der Waals surface area contributed by atoms with Crippen LogP contribution >= 0.6 is 11.6 Å². The number of anilines is 2. The van der Waals surface area contributed by atoms with Crippen LogP contribution in [0.1, 0.15) is 39.5 Å². The molecule has 15 heteroatoms. The zero-order valence-electron chi connectivity index (χ0n) is 26.1. The summed E-state index contributed by atoms with van der Waals surface area (Å²) < 4.78 is 3.02. The summed E-state index contributed by atoms with van der Waals surface area (Å²) >= 11 is 6.54. The Bertz CT molecular complexity index is 1860. The van der Waals surface area contributed by atoms with Crippen LogP contribution in [-0.2, 0) is 11.8 Å². The summed E-state index contributed by atoms with van der Waals surface area (Å²) in [5, 5.41) is 17.0. The summed E-state index contributed by atoms with van der Waals surface area (Å²) in [6.07, 6.45) is 6.35. The minimum Gasteiger partial charge on any atom is -0.397 e. The van der Waals surface area contributed by atoms with Crippen LogP contribution in [0.5, 0.6) is 0 Å². The number of likely N-dealkylation sites (tertiary alicyclic amines) is 1. The number of piperidine rings is 1. The number of aromatic nitrogens is 5. The fraction of sp³-hybridized carbons (Fsp3) is 0.344. The number of carbonyl (C=O) groups is 3. The van der Waals surface area contributed by atoms with E-state index in [9.17, 15) is 19.6 Å². The Morgan fingerprint density at radius 2 is 1.70 bits per heavy atom. The quantitative estimate of drug-likeness (QED) is 0.317. The van der Waals surface area contributed by atoms with E-state index in [0.29, 0.717) is 60.2 Å². The molecule has 47 heavy (non-hydrogen) atoms. The van der Waals surface area contributed by atoms with Crippen LogP contribution in [0.3, 0.4) is 0 Å². The first kappa shape index (κ1) is 31.7. The summed E-state index contributed by atoms with van der Waals surface area (Å²) in [7, 11) is 3.73. The van der Waals surface area contributed by atoms with Gasteiger partial charge in [0.05, 0.1) is 39.9 Å². The maximum atomic E-state index is 13.3. The molecule has 3 amide bonds. The number of hydrogen-bond donors (Lipinski definition) is 2. The zero-order chi connectivity index (χ0) is 33.2. The van der Waals surface area contributed by atoms with Crippen LogP contribution in [0.25, 0.3) is 17.1 Å². The number of carbonyl (C=O) groups excluding carboxylic acids is 3. The Balaban J connectivity index is 1.09. The van der Waals surface area contributed by atoms with Gasteiger partial charge in [-0.2, -0.15) is 10.4 Å². The van der Waals surface area contributed by atoms with Gasteiger partial charge >= 0.3 is 0 Å². The molecule has 2 fully saturated rings. The Kier molecular flexibility index (Phi) is 8.93. The molecule has 5 heterocycles. The molecule has 0 bridgehead atoms. The number of nitrogens with one attached hydrogen (secondary N) is 1. The highest BCUT2D eigenvalue weighted by Crippen LogP contribution is 2.27. The lowest BCUT2D eigenvalue weighted by Gasteiger charge is -2.38. The van der Waals surface area contributed by atoms with Gasteiger partial charge < -0.3 is 30.3 Å². The number of imidazole rings is 1. The van der Waals surface area contributed by atoms with Crippen LogP contribution in [-0.4, -0.2) is 103 Å². The average Bonchev–Trinajstić information content (AvgIpc) is 3.68. The first-order chi connectivity index (χ1) is 22.6. The normalized spacial score (nSPS) is 15.8. The number of nitrogens with two attached hydrogens (primary N) is 1. The van der Waals surface area contributed by atoms with Crippen molar-refractivity contribution in [3.05, 3.63) is 71.0 Å². The molecular weight excluding hydrogens is 622 g/mol. The summed E-state index contributed by atoms with van der Waals surface area (Å²) in [4.78, 5) is 53.9. The third-order valence-electron chi connectivity index (χ3n) is 8.70. The second-order valence-electron chi connectivity index (χ2n) is 11.8. The maximum Gasteiger partial charge on any atom is 0.291 e. The topological polar surface area (TPSA) is 171 Å². The minimum absolute atomic E-state index is 0.0508. The van der Waals surface area contributed by atoms with E-state index in [-0.39, 0.29) is 34.3 Å². The first-order valence-electron chi connectivity index (χ1n) is 15.2. The predicted molar refractivity (Wildman–Crippen MR) is 175 cm³/mol. The van der Waals surface area contributed by atoms with Crippen molar-refractivity contribution in [1.29, 1.82) is 5.26 Å². The molecule has 14 nitrogen and oxygen atoms in total. The molecule has 0 spiro atoms. The summed E-state index contributed by atoms with van der Waals surface area (Å²) in [6, 6.07) is 10.1. The molecule has 3 N–H and O–H groups in total. The van der Waals surface area contributed by atoms with E-state index in [1.165, 1.54) is 23.1 Å². The predicted octanol–water partition coefficient (Wildman–Crippen LogP) is 2.65. The zero-order valence-corrected chi connectivity index (χ0v) is 26.8. The average molecular weight is 656 g/mol. The molecule has 0 saturated carbocycles. The minimum atomic E-state index is -0.509. The number of rotatable bonds is 6. The van der Waals surface area contributed by atoms with Gasteiger partial charge in [0.1, 0.15) is 6.07 Å². The third-order valence-corrected chi connectivity index (χ3v) is 9.01. The third kappa shape index (κ3) is 6.53. The van der Waals surface area contributed by atoms with E-state index in [4.69, 9.17) is 17.3 Å². The van der Waals surface area contributed by atoms with Crippen molar-refractivity contribution >= 4 is 40.7 Å². The van der Waals surface area contributed by atoms with Gasteiger partial charge in [-0.05, 0) is 63.3 Å². The standard InChI is InChI=1S/C32H34ClN11O3/c1-40-9-7-20(8-10-40)31(46)42-11-13-43(14-12-42)32(47)23-5-4-22(15-25(23)33)38-30(45)29-37-18-27(41(29)2)24-19-44(39-26(24)16-34)28-6-3-21(35)17-36-28/h3-6,15,17-20H,7-14,35H2,1-2H3,(H,38,45). The summed E-state index contributed by atoms with van der Waals surface area (Å²) in [5.74, 6) is 0.0583. The molecule has 2 aliphatic heterocycles. The molecule has 3 aromatic heterocycles. The number of pyridine rings is 1. The Hall–Kier alpha value is -5.26. The van der Waals surface area contributed by atoms with Crippen molar-refractivity contribution in [2.75, 3.05) is 57.4 Å². The van der Waals surface area contributed by atoms with Crippen molar-refractivity contribution in [2.24, 2.45) is 13.0 Å². The van der Waals surface area contributed by atoms with Crippen LogP contribution in [0.15, 0.2) is 48.9 Å². The van der Waals surface area contributed by atoms with Crippen molar-refractivity contribution in [3.8, 4) is 23.1 Å². The van der Waals surface area contributed by atoms with Gasteiger partial charge in [0, 0.05) is 51.0 Å². The number of hydrogen-bond acceptors (Lipinski definition) is 9. The van der Waals surface area contributed by atoms with Gasteiger partial charge in [-0.3, -0.25) is 14.4 Å². The highest BCUT2D eigenvalue weighted by molar-refractivity contribution is 6.34. The molecule has 242 valence electrons. The highest BCUT2D eigenvalue weighted by Gasteiger charge is 2.31. The van der Waals surface area contributed by atoms with E-state index in [1.54, 1.807) is 47.0 Å². The molecule has 2 saturated heterocycles. The van der Waals surface area contributed by atoms with Crippen molar-refractivity contribution in [1.82, 2.24) is 39.0 Å². The molecule has 0 radical (unpaired) electrons. The van der Waals surface area contributed by atoms with E-state index in [0.717, 1.165) is 25.9 Å². The summed E-state index contributed by atoms with van der Waals surface area (Å²) in [6.45, 7) is 3.68. The first-order valence-corrected chi connectivity index (χ1v) is 15.6. The van der Waals surface area contributed by atoms with Crippen molar-refractivity contribution in [3.63, 3.8) is 0 Å². The number of nitrogens with zero attached hydrogens (tertiary/aromatic N) is 9. The SMILES string of the molecule is CN1CCC(C(=O)N2CCN(C(=O)c3ccc(NC(=O)c4ncc(-c5cn(-c6ccc(N)cn6)nc5C#N)n4C)cc3Cl)CC2)CC1. The van der Waals surface area contributed by atoms with Gasteiger partial charge in [0.15, 0.2) is 17.3 Å². The fourth-order valence-electron chi connectivity index (χ4n) is 5.93. The number of halogens is 1. The molecule has 0 aliphatic carbocycles. The molecule has 0 atom stereocenters. The van der Waals surface area contributed by atoms with Gasteiger partial charge in [0.25, 0.3) is 11.8 Å². The molecular formula is C32H34ClN11O3. The maximum absolute atomic E-state index is 13.3. The Morgan fingerprint density at radius 1 is 0.979 bits per heavy atom. The second-order valence-corrected chi connectivity index (χ2v) is 12.2.